The first-order valence-electron chi connectivity index (χ1n) is 10.6. The minimum Gasteiger partial charge on any atom is -0.497 e. The Labute approximate surface area is 182 Å². The predicted octanol–water partition coefficient (Wildman–Crippen LogP) is 3.45. The van der Waals surface area contributed by atoms with Gasteiger partial charge in [-0.1, -0.05) is 42.5 Å². The molecule has 0 saturated carbocycles. The second-order valence-electron chi connectivity index (χ2n) is 7.91. The van der Waals surface area contributed by atoms with Crippen molar-refractivity contribution in [3.63, 3.8) is 0 Å². The molecule has 2 aliphatic rings. The molecule has 0 spiro atoms. The van der Waals surface area contributed by atoms with Crippen LogP contribution < -0.4 is 4.74 Å². The summed E-state index contributed by atoms with van der Waals surface area (Å²) in [6.45, 7) is 1.42. The molecule has 0 aliphatic carbocycles. The second-order valence-corrected chi connectivity index (χ2v) is 7.91. The number of methoxy groups -OCH3 is 1. The van der Waals surface area contributed by atoms with Crippen LogP contribution in [0.2, 0.25) is 0 Å². The highest BCUT2D eigenvalue weighted by Crippen LogP contribution is 2.40. The lowest BCUT2D eigenvalue weighted by Gasteiger charge is -2.28. The molecule has 2 atom stereocenters. The molecule has 6 heteroatoms. The van der Waals surface area contributed by atoms with E-state index in [0.29, 0.717) is 18.8 Å². The van der Waals surface area contributed by atoms with Crippen LogP contribution in [0.25, 0.3) is 6.08 Å². The minimum atomic E-state index is -0.626. The molecule has 0 N–H and O–H groups in total. The van der Waals surface area contributed by atoms with E-state index in [1.165, 1.54) is 11.0 Å². The average Bonchev–Trinajstić information content (AvgIpc) is 3.46. The maximum atomic E-state index is 13.2. The lowest BCUT2D eigenvalue weighted by Crippen LogP contribution is -2.39. The maximum absolute atomic E-state index is 13.2. The van der Waals surface area contributed by atoms with E-state index in [4.69, 9.17) is 4.74 Å². The van der Waals surface area contributed by atoms with E-state index in [9.17, 15) is 14.4 Å². The molecule has 2 heterocycles. The molecular formula is C25H26N2O4. The van der Waals surface area contributed by atoms with Crippen LogP contribution in [0.4, 0.5) is 0 Å². The Morgan fingerprint density at radius 1 is 1.00 bits per heavy atom. The Hall–Kier alpha value is -3.41. The molecule has 2 aromatic carbocycles. The highest BCUT2D eigenvalue weighted by atomic mass is 16.5. The zero-order valence-electron chi connectivity index (χ0n) is 17.6. The van der Waals surface area contributed by atoms with Crippen molar-refractivity contribution in [3.8, 4) is 5.75 Å². The van der Waals surface area contributed by atoms with Gasteiger partial charge in [-0.25, -0.2) is 0 Å². The summed E-state index contributed by atoms with van der Waals surface area (Å²) in [5, 5.41) is 0. The van der Waals surface area contributed by atoms with E-state index >= 15 is 0 Å². The number of ether oxygens (including phenoxy) is 1. The van der Waals surface area contributed by atoms with Crippen LogP contribution in [0.1, 0.15) is 36.4 Å². The van der Waals surface area contributed by atoms with Gasteiger partial charge in [-0.2, -0.15) is 0 Å². The van der Waals surface area contributed by atoms with Gasteiger partial charge in [0.05, 0.1) is 19.1 Å². The van der Waals surface area contributed by atoms with Gasteiger partial charge in [0.1, 0.15) is 5.75 Å². The number of carbonyl (C=O) groups excluding carboxylic acids is 3. The van der Waals surface area contributed by atoms with Crippen LogP contribution in [-0.4, -0.2) is 47.7 Å². The van der Waals surface area contributed by atoms with Crippen molar-refractivity contribution >= 4 is 23.8 Å². The highest BCUT2D eigenvalue weighted by Gasteiger charge is 2.48. The molecule has 0 radical (unpaired) electrons. The molecule has 4 rings (SSSR count). The Bertz CT molecular complexity index is 978. The number of benzene rings is 2. The van der Waals surface area contributed by atoms with Crippen molar-refractivity contribution in [2.75, 3.05) is 20.2 Å². The van der Waals surface area contributed by atoms with Crippen molar-refractivity contribution < 1.29 is 19.1 Å². The van der Waals surface area contributed by atoms with Crippen molar-refractivity contribution in [3.05, 3.63) is 71.8 Å². The summed E-state index contributed by atoms with van der Waals surface area (Å²) in [7, 11) is 1.58. The first kappa shape index (κ1) is 20.8. The number of imide groups is 1. The van der Waals surface area contributed by atoms with Crippen LogP contribution in [0, 0.1) is 5.92 Å². The predicted molar refractivity (Wildman–Crippen MR) is 117 cm³/mol. The van der Waals surface area contributed by atoms with Crippen LogP contribution in [0.15, 0.2) is 60.7 Å². The van der Waals surface area contributed by atoms with Crippen molar-refractivity contribution in [2.24, 2.45) is 5.92 Å². The fraction of sp³-hybridized carbons (Fsp3) is 0.320. The molecule has 2 fully saturated rings. The standard InChI is InChI=1S/C25H26N2O4/c1-31-20-12-10-19(11-13-20)24-21(25(30)26-15-5-6-16-26)17-23(29)27(24)22(28)14-9-18-7-3-2-4-8-18/h2-4,7-14,21,24H,5-6,15-17H2,1H3/b14-9+/t21-,24+/m0/s1. The second kappa shape index (κ2) is 9.16. The Morgan fingerprint density at radius 2 is 1.68 bits per heavy atom. The third-order valence-electron chi connectivity index (χ3n) is 5.97. The van der Waals surface area contributed by atoms with E-state index in [0.717, 1.165) is 24.0 Å². The van der Waals surface area contributed by atoms with Gasteiger partial charge in [-0.3, -0.25) is 19.3 Å². The third-order valence-corrected chi connectivity index (χ3v) is 5.97. The van der Waals surface area contributed by atoms with Gasteiger partial charge < -0.3 is 9.64 Å². The molecule has 0 aromatic heterocycles. The number of rotatable bonds is 5. The Balaban J connectivity index is 1.65. The maximum Gasteiger partial charge on any atom is 0.253 e. The Kier molecular flexibility index (Phi) is 6.16. The Morgan fingerprint density at radius 3 is 2.32 bits per heavy atom. The molecule has 2 aliphatic heterocycles. The molecule has 2 aromatic rings. The molecule has 2 saturated heterocycles. The topological polar surface area (TPSA) is 66.9 Å². The van der Waals surface area contributed by atoms with Crippen LogP contribution in [-0.2, 0) is 14.4 Å². The van der Waals surface area contributed by atoms with Crippen LogP contribution in [0.5, 0.6) is 5.75 Å². The van der Waals surface area contributed by atoms with Crippen LogP contribution in [0.3, 0.4) is 0 Å². The zero-order valence-corrected chi connectivity index (χ0v) is 17.6. The summed E-state index contributed by atoms with van der Waals surface area (Å²) in [5.41, 5.74) is 1.62. The number of hydrogen-bond acceptors (Lipinski definition) is 4. The average molecular weight is 418 g/mol. The van der Waals surface area contributed by atoms with Gasteiger partial charge in [0.15, 0.2) is 0 Å². The van der Waals surface area contributed by atoms with E-state index < -0.39 is 17.9 Å². The molecule has 0 unspecified atom stereocenters. The fourth-order valence-corrected chi connectivity index (χ4v) is 4.38. The first-order chi connectivity index (χ1) is 15.1. The van der Waals surface area contributed by atoms with Gasteiger partial charge in [0.2, 0.25) is 11.8 Å². The molecule has 160 valence electrons. The van der Waals surface area contributed by atoms with Crippen molar-refractivity contribution in [1.29, 1.82) is 0 Å². The quantitative estimate of drug-likeness (QED) is 0.698. The van der Waals surface area contributed by atoms with Gasteiger partial charge in [0, 0.05) is 25.6 Å². The number of amides is 3. The smallest absolute Gasteiger partial charge is 0.253 e. The number of hydrogen-bond donors (Lipinski definition) is 0. The normalized spacial score (nSPS) is 21.1. The van der Waals surface area contributed by atoms with Crippen molar-refractivity contribution in [1.82, 2.24) is 9.80 Å². The minimum absolute atomic E-state index is 0.0386. The fourth-order valence-electron chi connectivity index (χ4n) is 4.38. The number of likely N-dealkylation sites (tertiary alicyclic amines) is 2. The van der Waals surface area contributed by atoms with E-state index in [1.807, 2.05) is 47.4 Å². The van der Waals surface area contributed by atoms with Crippen LogP contribution >= 0.6 is 0 Å². The SMILES string of the molecule is COc1ccc([C@@H]2[C@@H](C(=O)N3CCCC3)CC(=O)N2C(=O)/C=C/c2ccccc2)cc1. The van der Waals surface area contributed by atoms with E-state index in [-0.39, 0.29) is 18.2 Å². The molecule has 31 heavy (non-hydrogen) atoms. The monoisotopic (exact) mass is 418 g/mol. The number of carbonyl (C=O) groups is 3. The van der Waals surface area contributed by atoms with Gasteiger partial charge >= 0.3 is 0 Å². The molecule has 3 amide bonds. The lowest BCUT2D eigenvalue weighted by atomic mass is 9.92. The van der Waals surface area contributed by atoms with Gasteiger partial charge in [-0.05, 0) is 42.2 Å². The molecular weight excluding hydrogens is 392 g/mol. The summed E-state index contributed by atoms with van der Waals surface area (Å²) in [4.78, 5) is 42.3. The summed E-state index contributed by atoms with van der Waals surface area (Å²) >= 11 is 0. The van der Waals surface area contributed by atoms with Crippen molar-refractivity contribution in [2.45, 2.75) is 25.3 Å². The van der Waals surface area contributed by atoms with E-state index in [2.05, 4.69) is 0 Å². The summed E-state index contributed by atoms with van der Waals surface area (Å²) < 4.78 is 5.24. The molecule has 6 nitrogen and oxygen atoms in total. The zero-order chi connectivity index (χ0) is 21.8. The van der Waals surface area contributed by atoms with E-state index in [1.54, 1.807) is 25.3 Å². The summed E-state index contributed by atoms with van der Waals surface area (Å²) in [6, 6.07) is 16.0. The third kappa shape index (κ3) is 4.38. The van der Waals surface area contributed by atoms with Gasteiger partial charge in [-0.15, -0.1) is 0 Å². The largest absolute Gasteiger partial charge is 0.497 e. The first-order valence-corrected chi connectivity index (χ1v) is 10.6. The van der Waals surface area contributed by atoms with Gasteiger partial charge in [0.25, 0.3) is 5.91 Å². The summed E-state index contributed by atoms with van der Waals surface area (Å²) in [5.74, 6) is -0.674. The molecule has 0 bridgehead atoms. The lowest BCUT2D eigenvalue weighted by molar-refractivity contribution is -0.141. The summed E-state index contributed by atoms with van der Waals surface area (Å²) in [6.07, 6.45) is 5.09. The highest BCUT2D eigenvalue weighted by molar-refractivity contribution is 6.06. The number of nitrogens with zero attached hydrogens (tertiary/aromatic N) is 2.